The van der Waals surface area contributed by atoms with Crippen LogP contribution in [0.5, 0.6) is 5.75 Å². The highest BCUT2D eigenvalue weighted by Gasteiger charge is 2.19. The van der Waals surface area contributed by atoms with Crippen molar-refractivity contribution in [1.82, 2.24) is 0 Å². The van der Waals surface area contributed by atoms with Crippen LogP contribution in [-0.2, 0) is 4.74 Å². The van der Waals surface area contributed by atoms with E-state index >= 15 is 0 Å². The van der Waals surface area contributed by atoms with Gasteiger partial charge in [-0.05, 0) is 18.6 Å². The Labute approximate surface area is 97.8 Å². The van der Waals surface area contributed by atoms with Gasteiger partial charge in [-0.3, -0.25) is 0 Å². The molecule has 17 heavy (non-hydrogen) atoms. The fraction of sp³-hybridized carbons (Fsp3) is 0.308. The van der Waals surface area contributed by atoms with Gasteiger partial charge in [0, 0.05) is 11.8 Å². The first-order valence-corrected chi connectivity index (χ1v) is 5.64. The van der Waals surface area contributed by atoms with Gasteiger partial charge in [0.05, 0.1) is 6.61 Å². The highest BCUT2D eigenvalue weighted by atomic mass is 16.7. The molecule has 2 heterocycles. The molecule has 0 aliphatic carbocycles. The SMILES string of the molecule is O=c1oc2ccccc2cc1OC1CCCO1. The van der Waals surface area contributed by atoms with Gasteiger partial charge in [-0.25, -0.2) is 4.79 Å². The Hall–Kier alpha value is -1.81. The van der Waals surface area contributed by atoms with E-state index in [0.29, 0.717) is 12.2 Å². The van der Waals surface area contributed by atoms with Crippen molar-refractivity contribution in [3.8, 4) is 5.75 Å². The molecule has 0 bridgehead atoms. The summed E-state index contributed by atoms with van der Waals surface area (Å²) in [6.07, 6.45) is 1.45. The molecule has 3 rings (SSSR count). The first kappa shape index (κ1) is 10.4. The van der Waals surface area contributed by atoms with Crippen molar-refractivity contribution in [1.29, 1.82) is 0 Å². The summed E-state index contributed by atoms with van der Waals surface area (Å²) in [7, 11) is 0. The monoisotopic (exact) mass is 232 g/mol. The predicted molar refractivity (Wildman–Crippen MR) is 62.1 cm³/mol. The average Bonchev–Trinajstić information content (AvgIpc) is 2.83. The minimum atomic E-state index is -0.459. The number of hydrogen-bond donors (Lipinski definition) is 0. The average molecular weight is 232 g/mol. The summed E-state index contributed by atoms with van der Waals surface area (Å²) in [6, 6.07) is 9.04. The van der Waals surface area contributed by atoms with Crippen LogP contribution in [0.15, 0.2) is 39.5 Å². The first-order chi connectivity index (χ1) is 8.33. The third kappa shape index (κ3) is 2.03. The molecule has 0 N–H and O–H groups in total. The molecule has 1 fully saturated rings. The second kappa shape index (κ2) is 4.22. The minimum absolute atomic E-state index is 0.218. The van der Waals surface area contributed by atoms with Crippen LogP contribution in [0.3, 0.4) is 0 Å². The van der Waals surface area contributed by atoms with Gasteiger partial charge in [-0.1, -0.05) is 18.2 Å². The largest absolute Gasteiger partial charge is 0.457 e. The fourth-order valence-corrected chi connectivity index (χ4v) is 1.91. The normalized spacial score (nSPS) is 19.6. The number of fused-ring (bicyclic) bond motifs is 1. The van der Waals surface area contributed by atoms with E-state index in [9.17, 15) is 4.79 Å². The molecule has 88 valence electrons. The number of hydrogen-bond acceptors (Lipinski definition) is 4. The van der Waals surface area contributed by atoms with Gasteiger partial charge in [0.2, 0.25) is 5.75 Å². The number of para-hydroxylation sites is 1. The molecule has 2 aromatic rings. The quantitative estimate of drug-likeness (QED) is 0.745. The maximum Gasteiger partial charge on any atom is 0.379 e. The Balaban J connectivity index is 1.98. The molecule has 1 saturated heterocycles. The van der Waals surface area contributed by atoms with E-state index in [1.807, 2.05) is 18.2 Å². The number of ether oxygens (including phenoxy) is 2. The Morgan fingerprint density at radius 1 is 1.29 bits per heavy atom. The van der Waals surface area contributed by atoms with E-state index in [1.54, 1.807) is 12.1 Å². The zero-order valence-corrected chi connectivity index (χ0v) is 9.22. The smallest absolute Gasteiger partial charge is 0.379 e. The molecule has 0 radical (unpaired) electrons. The van der Waals surface area contributed by atoms with E-state index in [0.717, 1.165) is 18.2 Å². The van der Waals surface area contributed by atoms with Gasteiger partial charge in [-0.2, -0.15) is 0 Å². The molecule has 1 atom stereocenters. The molecular weight excluding hydrogens is 220 g/mol. The lowest BCUT2D eigenvalue weighted by Crippen LogP contribution is -2.18. The van der Waals surface area contributed by atoms with Gasteiger partial charge in [-0.15, -0.1) is 0 Å². The van der Waals surface area contributed by atoms with Gasteiger partial charge in [0.1, 0.15) is 5.58 Å². The number of rotatable bonds is 2. The molecule has 1 unspecified atom stereocenters. The third-order valence-electron chi connectivity index (χ3n) is 2.76. The van der Waals surface area contributed by atoms with Crippen molar-refractivity contribution >= 4 is 11.0 Å². The van der Waals surface area contributed by atoms with Crippen molar-refractivity contribution in [3.63, 3.8) is 0 Å². The molecule has 1 aliphatic rings. The lowest BCUT2D eigenvalue weighted by molar-refractivity contribution is -0.0408. The standard InChI is InChI=1S/C13H12O4/c14-13-11(16-12-6-3-7-15-12)8-9-4-1-2-5-10(9)17-13/h1-2,4-5,8,12H,3,6-7H2. The summed E-state index contributed by atoms with van der Waals surface area (Å²) in [5.41, 5.74) is 0.108. The molecule has 4 nitrogen and oxygen atoms in total. The van der Waals surface area contributed by atoms with Crippen molar-refractivity contribution in [2.75, 3.05) is 6.61 Å². The van der Waals surface area contributed by atoms with Crippen LogP contribution >= 0.6 is 0 Å². The van der Waals surface area contributed by atoms with Crippen molar-refractivity contribution < 1.29 is 13.9 Å². The van der Waals surface area contributed by atoms with Crippen molar-refractivity contribution in [2.45, 2.75) is 19.1 Å². The molecule has 1 aromatic carbocycles. The molecule has 0 amide bonds. The van der Waals surface area contributed by atoms with Crippen LogP contribution in [0.1, 0.15) is 12.8 Å². The lowest BCUT2D eigenvalue weighted by atomic mass is 10.2. The Kier molecular flexibility index (Phi) is 2.57. The maximum atomic E-state index is 11.7. The van der Waals surface area contributed by atoms with E-state index < -0.39 is 5.63 Å². The molecule has 0 spiro atoms. The second-order valence-electron chi connectivity index (χ2n) is 4.00. The highest BCUT2D eigenvalue weighted by Crippen LogP contribution is 2.20. The topological polar surface area (TPSA) is 48.7 Å². The summed E-state index contributed by atoms with van der Waals surface area (Å²) >= 11 is 0. The Bertz CT molecular complexity index is 581. The predicted octanol–water partition coefficient (Wildman–Crippen LogP) is 2.31. The van der Waals surface area contributed by atoms with Crippen LogP contribution in [-0.4, -0.2) is 12.9 Å². The van der Waals surface area contributed by atoms with Crippen LogP contribution in [0.25, 0.3) is 11.0 Å². The van der Waals surface area contributed by atoms with Crippen LogP contribution in [0.4, 0.5) is 0 Å². The molecule has 1 aromatic heterocycles. The number of benzene rings is 1. The zero-order valence-electron chi connectivity index (χ0n) is 9.22. The van der Waals surface area contributed by atoms with Crippen LogP contribution in [0, 0.1) is 0 Å². The van der Waals surface area contributed by atoms with Gasteiger partial charge in [0.15, 0.2) is 6.29 Å². The van der Waals surface area contributed by atoms with Gasteiger partial charge >= 0.3 is 5.63 Å². The van der Waals surface area contributed by atoms with E-state index in [1.165, 1.54) is 0 Å². The fourth-order valence-electron chi connectivity index (χ4n) is 1.91. The van der Waals surface area contributed by atoms with E-state index in [-0.39, 0.29) is 12.0 Å². The summed E-state index contributed by atoms with van der Waals surface area (Å²) < 4.78 is 16.0. The lowest BCUT2D eigenvalue weighted by Gasteiger charge is -2.11. The second-order valence-corrected chi connectivity index (χ2v) is 4.00. The van der Waals surface area contributed by atoms with Crippen molar-refractivity contribution in [3.05, 3.63) is 40.8 Å². The van der Waals surface area contributed by atoms with E-state index in [2.05, 4.69) is 0 Å². The Morgan fingerprint density at radius 3 is 3.00 bits per heavy atom. The molecular formula is C13H12O4. The summed E-state index contributed by atoms with van der Waals surface area (Å²) in [4.78, 5) is 11.7. The third-order valence-corrected chi connectivity index (χ3v) is 2.76. The van der Waals surface area contributed by atoms with E-state index in [4.69, 9.17) is 13.9 Å². The maximum absolute atomic E-state index is 11.7. The van der Waals surface area contributed by atoms with Crippen LogP contribution in [0.2, 0.25) is 0 Å². The van der Waals surface area contributed by atoms with Crippen LogP contribution < -0.4 is 10.4 Å². The Morgan fingerprint density at radius 2 is 2.18 bits per heavy atom. The zero-order chi connectivity index (χ0) is 11.7. The van der Waals surface area contributed by atoms with Gasteiger partial charge < -0.3 is 13.9 Å². The highest BCUT2D eigenvalue weighted by molar-refractivity contribution is 5.77. The molecule has 1 aliphatic heterocycles. The van der Waals surface area contributed by atoms with Gasteiger partial charge in [0.25, 0.3) is 0 Å². The summed E-state index contributed by atoms with van der Waals surface area (Å²) in [5.74, 6) is 0.218. The van der Waals surface area contributed by atoms with Crippen molar-refractivity contribution in [2.24, 2.45) is 0 Å². The molecule has 4 heteroatoms. The molecule has 0 saturated carbocycles. The summed E-state index contributed by atoms with van der Waals surface area (Å²) in [6.45, 7) is 0.684. The summed E-state index contributed by atoms with van der Waals surface area (Å²) in [5, 5.41) is 0.847. The minimum Gasteiger partial charge on any atom is -0.457 e. The first-order valence-electron chi connectivity index (χ1n) is 5.64.